The van der Waals surface area contributed by atoms with Crippen molar-refractivity contribution < 1.29 is 9.59 Å². The lowest BCUT2D eigenvalue weighted by Gasteiger charge is -2.12. The number of hydrogen-bond acceptors (Lipinski definition) is 3. The normalized spacial score (nSPS) is 11.7. The monoisotopic (exact) mass is 263 g/mol. The van der Waals surface area contributed by atoms with E-state index in [1.165, 1.54) is 0 Å². The second-order valence-corrected chi connectivity index (χ2v) is 4.52. The summed E-state index contributed by atoms with van der Waals surface area (Å²) in [5.74, 6) is -0.0509. The summed E-state index contributed by atoms with van der Waals surface area (Å²) in [4.78, 5) is 23.2. The fourth-order valence-corrected chi connectivity index (χ4v) is 1.62. The van der Waals surface area contributed by atoms with E-state index in [1.807, 2.05) is 20.0 Å². The highest BCUT2D eigenvalue weighted by molar-refractivity contribution is 5.96. The molecule has 0 saturated carbocycles. The molecule has 2 amide bonds. The molecule has 0 heterocycles. The molecule has 0 aliphatic heterocycles. The Morgan fingerprint density at radius 1 is 1.11 bits per heavy atom. The van der Waals surface area contributed by atoms with Gasteiger partial charge < -0.3 is 16.0 Å². The maximum absolute atomic E-state index is 11.7. The van der Waals surface area contributed by atoms with Gasteiger partial charge in [0.15, 0.2) is 0 Å². The molecule has 1 aromatic carbocycles. The summed E-state index contributed by atoms with van der Waals surface area (Å²) in [5, 5.41) is 8.41. The van der Waals surface area contributed by atoms with Crippen molar-refractivity contribution in [2.75, 3.05) is 26.7 Å². The van der Waals surface area contributed by atoms with Crippen molar-refractivity contribution in [2.45, 2.75) is 6.92 Å². The SMILES string of the molecule is CNCC(C)CNC(=O)CNC(=O)c1ccccc1. The van der Waals surface area contributed by atoms with Gasteiger partial charge in [0.25, 0.3) is 5.91 Å². The second kappa shape index (κ2) is 8.26. The van der Waals surface area contributed by atoms with E-state index in [0.29, 0.717) is 18.0 Å². The van der Waals surface area contributed by atoms with Crippen LogP contribution in [0.15, 0.2) is 30.3 Å². The van der Waals surface area contributed by atoms with Crippen LogP contribution in [0.5, 0.6) is 0 Å². The van der Waals surface area contributed by atoms with Crippen LogP contribution < -0.4 is 16.0 Å². The van der Waals surface area contributed by atoms with Gasteiger partial charge in [-0.05, 0) is 31.6 Å². The lowest BCUT2D eigenvalue weighted by Crippen LogP contribution is -2.39. The zero-order chi connectivity index (χ0) is 14.1. The third kappa shape index (κ3) is 6.01. The fraction of sp³-hybridized carbons (Fsp3) is 0.429. The number of carbonyl (C=O) groups is 2. The lowest BCUT2D eigenvalue weighted by atomic mass is 10.2. The van der Waals surface area contributed by atoms with E-state index in [2.05, 4.69) is 16.0 Å². The zero-order valence-electron chi connectivity index (χ0n) is 11.4. The van der Waals surface area contributed by atoms with Gasteiger partial charge in [0.1, 0.15) is 0 Å². The van der Waals surface area contributed by atoms with Gasteiger partial charge in [0, 0.05) is 12.1 Å². The molecule has 0 radical (unpaired) electrons. The van der Waals surface area contributed by atoms with Crippen molar-refractivity contribution in [3.8, 4) is 0 Å². The van der Waals surface area contributed by atoms with Crippen LogP contribution in [0.3, 0.4) is 0 Å². The molecule has 1 unspecified atom stereocenters. The Hall–Kier alpha value is -1.88. The molecule has 0 fully saturated rings. The van der Waals surface area contributed by atoms with Crippen LogP contribution in [0.2, 0.25) is 0 Å². The summed E-state index contributed by atoms with van der Waals surface area (Å²) in [6, 6.07) is 8.83. The molecular formula is C14H21N3O2. The smallest absolute Gasteiger partial charge is 0.251 e. The van der Waals surface area contributed by atoms with E-state index in [-0.39, 0.29) is 18.4 Å². The first-order valence-electron chi connectivity index (χ1n) is 6.38. The Morgan fingerprint density at radius 2 is 1.79 bits per heavy atom. The minimum absolute atomic E-state index is 0.00000118. The number of rotatable bonds is 7. The molecule has 1 atom stereocenters. The van der Waals surface area contributed by atoms with Crippen LogP contribution in [0, 0.1) is 5.92 Å². The van der Waals surface area contributed by atoms with Crippen LogP contribution in [0.1, 0.15) is 17.3 Å². The van der Waals surface area contributed by atoms with E-state index < -0.39 is 0 Å². The molecule has 0 bridgehead atoms. The van der Waals surface area contributed by atoms with E-state index >= 15 is 0 Å². The van der Waals surface area contributed by atoms with Crippen molar-refractivity contribution in [3.63, 3.8) is 0 Å². The van der Waals surface area contributed by atoms with Gasteiger partial charge in [-0.3, -0.25) is 9.59 Å². The van der Waals surface area contributed by atoms with Gasteiger partial charge in [0.2, 0.25) is 5.91 Å². The average Bonchev–Trinajstić information content (AvgIpc) is 2.44. The van der Waals surface area contributed by atoms with Gasteiger partial charge >= 0.3 is 0 Å². The predicted octanol–water partition coefficient (Wildman–Crippen LogP) is 0.388. The molecule has 0 aliphatic rings. The summed E-state index contributed by atoms with van der Waals surface area (Å²) < 4.78 is 0. The summed E-state index contributed by atoms with van der Waals surface area (Å²) in [5.41, 5.74) is 0.554. The molecule has 19 heavy (non-hydrogen) atoms. The second-order valence-electron chi connectivity index (χ2n) is 4.52. The Kier molecular flexibility index (Phi) is 6.60. The first-order chi connectivity index (χ1) is 9.13. The van der Waals surface area contributed by atoms with E-state index in [4.69, 9.17) is 0 Å². The number of nitrogens with one attached hydrogen (secondary N) is 3. The van der Waals surface area contributed by atoms with Gasteiger partial charge in [-0.15, -0.1) is 0 Å². The largest absolute Gasteiger partial charge is 0.354 e. The van der Waals surface area contributed by atoms with Crippen LogP contribution in [-0.4, -0.2) is 38.5 Å². The highest BCUT2D eigenvalue weighted by Crippen LogP contribution is 1.97. The van der Waals surface area contributed by atoms with Crippen molar-refractivity contribution in [3.05, 3.63) is 35.9 Å². The van der Waals surface area contributed by atoms with E-state index in [0.717, 1.165) is 6.54 Å². The number of carbonyl (C=O) groups excluding carboxylic acids is 2. The molecule has 1 aromatic rings. The number of hydrogen-bond donors (Lipinski definition) is 3. The van der Waals surface area contributed by atoms with Crippen molar-refractivity contribution in [1.82, 2.24) is 16.0 Å². The van der Waals surface area contributed by atoms with Gasteiger partial charge in [-0.25, -0.2) is 0 Å². The lowest BCUT2D eigenvalue weighted by molar-refractivity contribution is -0.120. The summed E-state index contributed by atoms with van der Waals surface area (Å²) in [6.07, 6.45) is 0. The number of amides is 2. The Morgan fingerprint density at radius 3 is 2.42 bits per heavy atom. The van der Waals surface area contributed by atoms with Crippen LogP contribution in [0.4, 0.5) is 0 Å². The van der Waals surface area contributed by atoms with Crippen molar-refractivity contribution in [1.29, 1.82) is 0 Å². The van der Waals surface area contributed by atoms with Gasteiger partial charge in [-0.1, -0.05) is 25.1 Å². The third-order valence-electron chi connectivity index (χ3n) is 2.65. The Labute approximate surface area is 113 Å². The minimum Gasteiger partial charge on any atom is -0.354 e. The predicted molar refractivity (Wildman–Crippen MR) is 74.9 cm³/mol. The minimum atomic E-state index is -0.237. The number of benzene rings is 1. The summed E-state index contributed by atoms with van der Waals surface area (Å²) in [6.45, 7) is 3.48. The average molecular weight is 263 g/mol. The first-order valence-corrected chi connectivity index (χ1v) is 6.38. The van der Waals surface area contributed by atoms with Crippen LogP contribution in [0.25, 0.3) is 0 Å². The Balaban J connectivity index is 2.25. The Bertz CT molecular complexity index is 406. The maximum Gasteiger partial charge on any atom is 0.251 e. The van der Waals surface area contributed by atoms with Gasteiger partial charge in [0.05, 0.1) is 6.54 Å². The molecule has 0 aromatic heterocycles. The van der Waals surface area contributed by atoms with Gasteiger partial charge in [-0.2, -0.15) is 0 Å². The maximum atomic E-state index is 11.7. The standard InChI is InChI=1S/C14H21N3O2/c1-11(8-15-2)9-16-13(18)10-17-14(19)12-6-4-3-5-7-12/h3-7,11,15H,8-10H2,1-2H3,(H,16,18)(H,17,19). The molecule has 0 saturated heterocycles. The quantitative estimate of drug-likeness (QED) is 0.666. The highest BCUT2D eigenvalue weighted by atomic mass is 16.2. The molecule has 104 valence electrons. The molecule has 5 heteroatoms. The topological polar surface area (TPSA) is 70.2 Å². The van der Waals surface area contributed by atoms with Crippen LogP contribution >= 0.6 is 0 Å². The van der Waals surface area contributed by atoms with Crippen LogP contribution in [-0.2, 0) is 4.79 Å². The molecule has 1 rings (SSSR count). The van der Waals surface area contributed by atoms with E-state index in [1.54, 1.807) is 24.3 Å². The van der Waals surface area contributed by atoms with Crippen molar-refractivity contribution >= 4 is 11.8 Å². The van der Waals surface area contributed by atoms with E-state index in [9.17, 15) is 9.59 Å². The highest BCUT2D eigenvalue weighted by Gasteiger charge is 2.08. The molecule has 5 nitrogen and oxygen atoms in total. The third-order valence-corrected chi connectivity index (χ3v) is 2.65. The molecule has 3 N–H and O–H groups in total. The summed E-state index contributed by atoms with van der Waals surface area (Å²) in [7, 11) is 1.87. The molecular weight excluding hydrogens is 242 g/mol. The zero-order valence-corrected chi connectivity index (χ0v) is 11.4. The van der Waals surface area contributed by atoms with Crippen molar-refractivity contribution in [2.24, 2.45) is 5.92 Å². The summed E-state index contributed by atoms with van der Waals surface area (Å²) >= 11 is 0. The molecule has 0 spiro atoms. The molecule has 0 aliphatic carbocycles. The first kappa shape index (κ1) is 15.2. The fourth-order valence-electron chi connectivity index (χ4n) is 1.62.